The van der Waals surface area contributed by atoms with Crippen LogP contribution in [0.15, 0.2) is 28.6 Å². The molecule has 108 valence electrons. The van der Waals surface area contributed by atoms with Gasteiger partial charge in [-0.3, -0.25) is 4.79 Å². The lowest BCUT2D eigenvalue weighted by Crippen LogP contribution is -2.34. The number of aliphatic hydroxyl groups excluding tert-OH is 1. The Balaban J connectivity index is 1.93. The molecule has 0 aliphatic rings. The van der Waals surface area contributed by atoms with Gasteiger partial charge in [0.25, 0.3) is 0 Å². The first-order valence-corrected chi connectivity index (χ1v) is 8.20. The van der Waals surface area contributed by atoms with E-state index in [1.165, 1.54) is 11.8 Å². The number of hydrogen-bond acceptors (Lipinski definition) is 5. The van der Waals surface area contributed by atoms with Crippen LogP contribution in [0.3, 0.4) is 0 Å². The zero-order valence-electron chi connectivity index (χ0n) is 11.5. The van der Waals surface area contributed by atoms with Gasteiger partial charge < -0.3 is 10.4 Å². The molecule has 0 saturated heterocycles. The van der Waals surface area contributed by atoms with Crippen LogP contribution in [0.5, 0.6) is 0 Å². The number of rotatable bonds is 6. The second-order valence-corrected chi connectivity index (χ2v) is 7.36. The van der Waals surface area contributed by atoms with E-state index >= 15 is 0 Å². The van der Waals surface area contributed by atoms with Crippen LogP contribution in [0, 0.1) is 5.92 Å². The van der Waals surface area contributed by atoms with Crippen molar-refractivity contribution >= 4 is 39.2 Å². The summed E-state index contributed by atoms with van der Waals surface area (Å²) in [6, 6.07) is 7.96. The lowest BCUT2D eigenvalue weighted by atomic mass is 10.2. The molecule has 2 aromatic rings. The van der Waals surface area contributed by atoms with Crippen LogP contribution in [0.25, 0.3) is 10.2 Å². The summed E-state index contributed by atoms with van der Waals surface area (Å²) >= 11 is 3.07. The Kier molecular flexibility index (Phi) is 5.39. The van der Waals surface area contributed by atoms with Crippen LogP contribution in [-0.4, -0.2) is 34.4 Å². The summed E-state index contributed by atoms with van der Waals surface area (Å²) in [5.74, 6) is 0.0631. The Hall–Kier alpha value is -1.11. The summed E-state index contributed by atoms with van der Waals surface area (Å²) in [5, 5.41) is 11.6. The fourth-order valence-corrected chi connectivity index (χ4v) is 3.82. The zero-order chi connectivity index (χ0) is 14.5. The maximum Gasteiger partial charge on any atom is 0.233 e. The van der Waals surface area contributed by atoms with Gasteiger partial charge >= 0.3 is 0 Å². The van der Waals surface area contributed by atoms with Gasteiger partial charge in [0.2, 0.25) is 5.91 Å². The molecule has 0 bridgehead atoms. The van der Waals surface area contributed by atoms with E-state index in [-0.39, 0.29) is 23.7 Å². The lowest BCUT2D eigenvalue weighted by molar-refractivity contribution is -0.120. The molecule has 0 aliphatic heterocycles. The molecule has 1 aromatic carbocycles. The number of para-hydroxylation sites is 1. The fraction of sp³-hybridized carbons (Fsp3) is 0.429. The van der Waals surface area contributed by atoms with E-state index in [0.717, 1.165) is 14.6 Å². The Morgan fingerprint density at radius 1 is 1.45 bits per heavy atom. The largest absolute Gasteiger partial charge is 0.396 e. The number of aliphatic hydroxyl groups is 1. The van der Waals surface area contributed by atoms with Gasteiger partial charge in [0.05, 0.1) is 15.5 Å². The van der Waals surface area contributed by atoms with Crippen molar-refractivity contribution in [3.8, 4) is 0 Å². The molecule has 0 saturated carbocycles. The van der Waals surface area contributed by atoms with Gasteiger partial charge in [0.1, 0.15) is 0 Å². The molecule has 20 heavy (non-hydrogen) atoms. The van der Waals surface area contributed by atoms with E-state index in [9.17, 15) is 4.79 Å². The summed E-state index contributed by atoms with van der Waals surface area (Å²) in [5.41, 5.74) is 0.974. The molecule has 1 aromatic heterocycles. The monoisotopic (exact) mass is 310 g/mol. The van der Waals surface area contributed by atoms with E-state index < -0.39 is 0 Å². The van der Waals surface area contributed by atoms with E-state index in [0.29, 0.717) is 6.54 Å². The van der Waals surface area contributed by atoms with Gasteiger partial charge in [-0.2, -0.15) is 0 Å². The summed E-state index contributed by atoms with van der Waals surface area (Å²) in [7, 11) is 0. The van der Waals surface area contributed by atoms with Crippen molar-refractivity contribution in [3.63, 3.8) is 0 Å². The van der Waals surface area contributed by atoms with Crippen LogP contribution >= 0.6 is 23.1 Å². The van der Waals surface area contributed by atoms with E-state index in [2.05, 4.69) is 10.3 Å². The average molecular weight is 310 g/mol. The number of amides is 1. The Bertz CT molecular complexity index is 552. The number of thiazole rings is 1. The van der Waals surface area contributed by atoms with Crippen molar-refractivity contribution in [2.24, 2.45) is 5.92 Å². The number of carbonyl (C=O) groups excluding carboxylic acids is 1. The van der Waals surface area contributed by atoms with Crippen molar-refractivity contribution in [3.05, 3.63) is 24.3 Å². The van der Waals surface area contributed by atoms with Gasteiger partial charge in [0, 0.05) is 13.2 Å². The van der Waals surface area contributed by atoms with Crippen LogP contribution in [0.1, 0.15) is 13.8 Å². The van der Waals surface area contributed by atoms with Gasteiger partial charge in [0.15, 0.2) is 4.34 Å². The highest BCUT2D eigenvalue weighted by molar-refractivity contribution is 8.02. The van der Waals surface area contributed by atoms with Gasteiger partial charge in [-0.1, -0.05) is 30.8 Å². The SMILES string of the molecule is CC(CO)CNC(=O)C(C)Sc1nc2ccccc2s1. The molecule has 4 nitrogen and oxygen atoms in total. The maximum atomic E-state index is 11.9. The van der Waals surface area contributed by atoms with Crippen LogP contribution in [0.4, 0.5) is 0 Å². The standard InChI is InChI=1S/C14H18N2O2S2/c1-9(8-17)7-15-13(18)10(2)19-14-16-11-5-3-4-6-12(11)20-14/h3-6,9-10,17H,7-8H2,1-2H3,(H,15,18). The minimum Gasteiger partial charge on any atom is -0.396 e. The second kappa shape index (κ2) is 7.06. The van der Waals surface area contributed by atoms with E-state index in [1.54, 1.807) is 11.3 Å². The number of nitrogens with one attached hydrogen (secondary N) is 1. The number of hydrogen-bond donors (Lipinski definition) is 2. The molecule has 0 fully saturated rings. The Morgan fingerprint density at radius 2 is 2.20 bits per heavy atom. The summed E-state index contributed by atoms with van der Waals surface area (Å²) in [6.07, 6.45) is 0. The molecule has 6 heteroatoms. The highest BCUT2D eigenvalue weighted by Crippen LogP contribution is 2.31. The molecule has 1 heterocycles. The average Bonchev–Trinajstić information content (AvgIpc) is 2.86. The molecular formula is C14H18N2O2S2. The maximum absolute atomic E-state index is 11.9. The number of nitrogens with zero attached hydrogens (tertiary/aromatic N) is 1. The van der Waals surface area contributed by atoms with Gasteiger partial charge in [-0.25, -0.2) is 4.98 Å². The van der Waals surface area contributed by atoms with Gasteiger partial charge in [-0.05, 0) is 25.0 Å². The molecular weight excluding hydrogens is 292 g/mol. The number of aromatic nitrogens is 1. The van der Waals surface area contributed by atoms with Crippen LogP contribution in [0.2, 0.25) is 0 Å². The Morgan fingerprint density at radius 3 is 2.90 bits per heavy atom. The van der Waals surface area contributed by atoms with Crippen molar-refractivity contribution in [2.75, 3.05) is 13.2 Å². The van der Waals surface area contributed by atoms with Gasteiger partial charge in [-0.15, -0.1) is 11.3 Å². The van der Waals surface area contributed by atoms with Crippen molar-refractivity contribution < 1.29 is 9.90 Å². The first kappa shape index (κ1) is 15.3. The topological polar surface area (TPSA) is 62.2 Å². The quantitative estimate of drug-likeness (QED) is 0.805. The van der Waals surface area contributed by atoms with Crippen molar-refractivity contribution in [1.82, 2.24) is 10.3 Å². The predicted molar refractivity (Wildman–Crippen MR) is 84.2 cm³/mol. The minimum atomic E-state index is -0.193. The number of thioether (sulfide) groups is 1. The summed E-state index contributed by atoms with van der Waals surface area (Å²) < 4.78 is 2.04. The van der Waals surface area contributed by atoms with Crippen molar-refractivity contribution in [2.45, 2.75) is 23.4 Å². The third-order valence-electron chi connectivity index (χ3n) is 2.86. The normalized spacial score (nSPS) is 14.2. The smallest absolute Gasteiger partial charge is 0.233 e. The summed E-state index contributed by atoms with van der Waals surface area (Å²) in [4.78, 5) is 16.5. The third kappa shape index (κ3) is 3.94. The van der Waals surface area contributed by atoms with Crippen LogP contribution in [-0.2, 0) is 4.79 Å². The van der Waals surface area contributed by atoms with E-state index in [1.807, 2.05) is 38.1 Å². The number of fused-ring (bicyclic) bond motifs is 1. The number of benzene rings is 1. The fourth-order valence-electron chi connectivity index (χ4n) is 1.59. The Labute approximate surface area is 126 Å². The lowest BCUT2D eigenvalue weighted by Gasteiger charge is -2.13. The first-order valence-electron chi connectivity index (χ1n) is 6.51. The molecule has 0 aliphatic carbocycles. The molecule has 1 amide bonds. The summed E-state index contributed by atoms with van der Waals surface area (Å²) in [6.45, 7) is 4.35. The zero-order valence-corrected chi connectivity index (χ0v) is 13.1. The van der Waals surface area contributed by atoms with Crippen molar-refractivity contribution in [1.29, 1.82) is 0 Å². The molecule has 2 rings (SSSR count). The number of carbonyl (C=O) groups is 1. The van der Waals surface area contributed by atoms with E-state index in [4.69, 9.17) is 5.11 Å². The highest BCUT2D eigenvalue weighted by atomic mass is 32.2. The minimum absolute atomic E-state index is 0.0189. The molecule has 2 atom stereocenters. The molecule has 0 radical (unpaired) electrons. The van der Waals surface area contributed by atoms with Crippen LogP contribution < -0.4 is 5.32 Å². The predicted octanol–water partition coefficient (Wildman–Crippen LogP) is 2.52. The molecule has 0 spiro atoms. The third-order valence-corrected chi connectivity index (χ3v) is 5.09. The second-order valence-electron chi connectivity index (χ2n) is 4.74. The molecule has 2 N–H and O–H groups in total. The highest BCUT2D eigenvalue weighted by Gasteiger charge is 2.17. The first-order chi connectivity index (χ1) is 9.60. The molecule has 2 unspecified atom stereocenters.